The molecule has 0 spiro atoms. The number of carbonyl (C=O) groups excluding carboxylic acids is 1. The lowest BCUT2D eigenvalue weighted by atomic mass is 9.77. The first-order valence-electron chi connectivity index (χ1n) is 7.49. The van der Waals surface area contributed by atoms with Gasteiger partial charge in [-0.05, 0) is 22.8 Å². The molecule has 2 aromatic rings. The molecule has 1 aliphatic rings. The summed E-state index contributed by atoms with van der Waals surface area (Å²) in [6, 6.07) is 3.74. The Morgan fingerprint density at radius 1 is 1.50 bits per heavy atom. The highest BCUT2D eigenvalue weighted by molar-refractivity contribution is 7.20. The van der Waals surface area contributed by atoms with E-state index >= 15 is 0 Å². The van der Waals surface area contributed by atoms with Gasteiger partial charge in [-0.2, -0.15) is 11.3 Å². The number of aromatic nitrogens is 2. The molecule has 24 heavy (non-hydrogen) atoms. The van der Waals surface area contributed by atoms with Crippen LogP contribution in [0.5, 0.6) is 0 Å². The van der Waals surface area contributed by atoms with E-state index in [9.17, 15) is 9.18 Å². The minimum absolute atomic E-state index is 0.0942. The van der Waals surface area contributed by atoms with E-state index in [4.69, 9.17) is 7.85 Å². The summed E-state index contributed by atoms with van der Waals surface area (Å²) in [5.41, 5.74) is 1.56. The van der Waals surface area contributed by atoms with E-state index in [0.29, 0.717) is 9.91 Å². The van der Waals surface area contributed by atoms with Gasteiger partial charge in [0.25, 0.3) is 0 Å². The summed E-state index contributed by atoms with van der Waals surface area (Å²) in [5, 5.41) is 10.8. The molecule has 0 aromatic carbocycles. The van der Waals surface area contributed by atoms with Gasteiger partial charge in [-0.3, -0.25) is 4.79 Å². The highest BCUT2D eigenvalue weighted by atomic mass is 32.1. The zero-order valence-corrected chi connectivity index (χ0v) is 14.6. The molecule has 0 fully saturated rings. The Morgan fingerprint density at radius 2 is 2.33 bits per heavy atom. The number of anilines is 1. The second-order valence-corrected chi connectivity index (χ2v) is 7.63. The van der Waals surface area contributed by atoms with Gasteiger partial charge in [-0.15, -0.1) is 10.2 Å². The van der Waals surface area contributed by atoms with Crippen molar-refractivity contribution in [3.05, 3.63) is 46.6 Å². The van der Waals surface area contributed by atoms with E-state index in [-0.39, 0.29) is 35.9 Å². The molecule has 2 radical (unpaired) electrons. The third kappa shape index (κ3) is 3.81. The molecule has 2 heterocycles. The van der Waals surface area contributed by atoms with Crippen LogP contribution in [0.3, 0.4) is 0 Å². The van der Waals surface area contributed by atoms with Crippen LogP contribution in [0.1, 0.15) is 24.1 Å². The molecule has 1 amide bonds. The van der Waals surface area contributed by atoms with E-state index in [1.807, 2.05) is 25.1 Å². The smallest absolute Gasteiger partial charge is 0.229 e. The largest absolute Gasteiger partial charge is 0.300 e. The maximum atomic E-state index is 13.8. The Kier molecular flexibility index (Phi) is 5.25. The summed E-state index contributed by atoms with van der Waals surface area (Å²) in [7, 11) is 5.86. The van der Waals surface area contributed by atoms with Crippen molar-refractivity contribution in [2.75, 3.05) is 5.32 Å². The van der Waals surface area contributed by atoms with Crippen LogP contribution in [0.2, 0.25) is 0 Å². The van der Waals surface area contributed by atoms with Crippen molar-refractivity contribution in [2.24, 2.45) is 11.8 Å². The molecule has 0 bridgehead atoms. The monoisotopic (exact) mass is 359 g/mol. The van der Waals surface area contributed by atoms with E-state index in [2.05, 4.69) is 15.5 Å². The maximum absolute atomic E-state index is 13.8. The first-order valence-corrected chi connectivity index (χ1v) is 9.19. The third-order valence-corrected chi connectivity index (χ3v) is 5.67. The Labute approximate surface area is 148 Å². The number of amides is 1. The lowest BCUT2D eigenvalue weighted by Gasteiger charge is -2.29. The molecule has 0 saturated carbocycles. The fraction of sp³-hybridized carbons (Fsp3) is 0.312. The summed E-state index contributed by atoms with van der Waals surface area (Å²) < 4.78 is 14.4. The van der Waals surface area contributed by atoms with Crippen molar-refractivity contribution < 1.29 is 9.18 Å². The van der Waals surface area contributed by atoms with Crippen molar-refractivity contribution >= 4 is 46.3 Å². The van der Waals surface area contributed by atoms with Crippen LogP contribution < -0.4 is 10.1 Å². The molecule has 2 aromatic heterocycles. The van der Waals surface area contributed by atoms with Crippen LogP contribution in [0.15, 0.2) is 41.7 Å². The number of hydrogen-bond donors (Lipinski definition) is 1. The summed E-state index contributed by atoms with van der Waals surface area (Å²) in [4.78, 5) is 13.6. The second-order valence-electron chi connectivity index (χ2n) is 5.65. The van der Waals surface area contributed by atoms with Crippen LogP contribution in [0, 0.1) is 11.8 Å². The predicted octanol–water partition coefficient (Wildman–Crippen LogP) is 3.18. The van der Waals surface area contributed by atoms with Crippen molar-refractivity contribution in [1.82, 2.24) is 10.2 Å². The van der Waals surface area contributed by atoms with Crippen LogP contribution in [0.4, 0.5) is 9.52 Å². The van der Waals surface area contributed by atoms with Crippen molar-refractivity contribution in [3.63, 3.8) is 0 Å². The van der Waals surface area contributed by atoms with Crippen LogP contribution in [-0.2, 0) is 4.79 Å². The fourth-order valence-corrected chi connectivity index (χ4v) is 4.40. The molecule has 3 atom stereocenters. The molecule has 4 nitrogen and oxygen atoms in total. The van der Waals surface area contributed by atoms with E-state index in [0.717, 1.165) is 4.88 Å². The maximum Gasteiger partial charge on any atom is 0.229 e. The minimum atomic E-state index is -0.368. The van der Waals surface area contributed by atoms with Crippen molar-refractivity contribution in [3.8, 4) is 0 Å². The number of thiophene rings is 1. The number of nitrogens with one attached hydrogen (secondary N) is 1. The van der Waals surface area contributed by atoms with E-state index in [1.54, 1.807) is 11.6 Å². The van der Waals surface area contributed by atoms with E-state index < -0.39 is 0 Å². The van der Waals surface area contributed by atoms with Gasteiger partial charge in [0.1, 0.15) is 19.2 Å². The molecular formula is C16H15BFN3OS2. The summed E-state index contributed by atoms with van der Waals surface area (Å²) in [6.45, 7) is 1.85. The Bertz CT molecular complexity index is 772. The molecule has 122 valence electrons. The van der Waals surface area contributed by atoms with Gasteiger partial charge in [0, 0.05) is 23.1 Å². The normalized spacial score (nSPS) is 19.6. The van der Waals surface area contributed by atoms with Gasteiger partial charge in [0.05, 0.1) is 0 Å². The molecular weight excluding hydrogens is 344 g/mol. The third-order valence-electron chi connectivity index (χ3n) is 4.05. The highest BCUT2D eigenvalue weighted by Gasteiger charge is 2.33. The molecule has 0 aliphatic heterocycles. The average Bonchev–Trinajstić information content (AvgIpc) is 3.19. The van der Waals surface area contributed by atoms with Gasteiger partial charge >= 0.3 is 0 Å². The standard InChI is InChI=1S/C16H15BFN3OS2/c1-9(15(22)20-16-21-19-8-23-16)14(12-5-6-13(17)24-12)10-3-2-4-11(18)7-10/h2-6,8-10,14H,7H2,1H3,(H,20,21,22)/t9-,10?,14-/m1/s1. The van der Waals surface area contributed by atoms with Gasteiger partial charge in [-0.25, -0.2) is 4.39 Å². The molecule has 1 unspecified atom stereocenters. The summed E-state index contributed by atoms with van der Waals surface area (Å²) >= 11 is 2.70. The number of nitrogens with zero attached hydrogens (tertiary/aromatic N) is 2. The number of halogens is 1. The SMILES string of the molecule is [B]c1ccc([C@@H](C2C=CC=C(F)C2)[C@@H](C)C(=O)Nc2nncs2)s1. The molecule has 1 aliphatic carbocycles. The highest BCUT2D eigenvalue weighted by Crippen LogP contribution is 2.40. The number of hydrogen-bond acceptors (Lipinski definition) is 5. The van der Waals surface area contributed by atoms with Gasteiger partial charge in [-0.1, -0.05) is 36.5 Å². The number of allylic oxidation sites excluding steroid dienone is 4. The molecule has 8 heteroatoms. The molecule has 1 N–H and O–H groups in total. The van der Waals surface area contributed by atoms with Crippen LogP contribution >= 0.6 is 22.7 Å². The Morgan fingerprint density at radius 3 is 2.96 bits per heavy atom. The lowest BCUT2D eigenvalue weighted by Crippen LogP contribution is -2.29. The van der Waals surface area contributed by atoms with Gasteiger partial charge in [0.2, 0.25) is 11.0 Å². The van der Waals surface area contributed by atoms with Crippen molar-refractivity contribution in [2.45, 2.75) is 19.3 Å². The van der Waals surface area contributed by atoms with Gasteiger partial charge < -0.3 is 5.32 Å². The Hall–Kier alpha value is -1.80. The zero-order chi connectivity index (χ0) is 17.1. The number of carbonyl (C=O) groups is 1. The first kappa shape index (κ1) is 17.0. The van der Waals surface area contributed by atoms with Crippen LogP contribution in [0.25, 0.3) is 0 Å². The van der Waals surface area contributed by atoms with Crippen LogP contribution in [-0.4, -0.2) is 24.0 Å². The predicted molar refractivity (Wildman–Crippen MR) is 96.6 cm³/mol. The zero-order valence-electron chi connectivity index (χ0n) is 13.0. The summed E-state index contributed by atoms with van der Waals surface area (Å²) in [5.74, 6) is -0.951. The summed E-state index contributed by atoms with van der Waals surface area (Å²) in [6.07, 6.45) is 5.42. The molecule has 0 saturated heterocycles. The van der Waals surface area contributed by atoms with E-state index in [1.165, 1.54) is 28.7 Å². The lowest BCUT2D eigenvalue weighted by molar-refractivity contribution is -0.120. The van der Waals surface area contributed by atoms with Crippen molar-refractivity contribution in [1.29, 1.82) is 0 Å². The molecule has 3 rings (SSSR count). The Balaban J connectivity index is 1.85. The first-order chi connectivity index (χ1) is 11.5. The second kappa shape index (κ2) is 7.40. The fourth-order valence-electron chi connectivity index (χ4n) is 2.90. The minimum Gasteiger partial charge on any atom is -0.300 e. The number of rotatable bonds is 5. The quantitative estimate of drug-likeness (QED) is 0.835. The van der Waals surface area contributed by atoms with Gasteiger partial charge in [0.15, 0.2) is 0 Å². The average molecular weight is 359 g/mol. The topological polar surface area (TPSA) is 54.9 Å².